The van der Waals surface area contributed by atoms with E-state index >= 15 is 0 Å². The van der Waals surface area contributed by atoms with Crippen molar-refractivity contribution >= 4 is 21.9 Å². The van der Waals surface area contributed by atoms with Gasteiger partial charge in [-0.1, -0.05) is 0 Å². The molecule has 0 atom stereocenters. The molecule has 1 aromatic carbocycles. The summed E-state index contributed by atoms with van der Waals surface area (Å²) in [6.45, 7) is 0. The number of benzene rings is 1. The van der Waals surface area contributed by atoms with Crippen LogP contribution >= 0.6 is 15.9 Å². The van der Waals surface area contributed by atoms with Gasteiger partial charge in [-0.15, -0.1) is 0 Å². The summed E-state index contributed by atoms with van der Waals surface area (Å²) < 4.78 is 17.8. The van der Waals surface area contributed by atoms with Gasteiger partial charge >= 0.3 is 5.97 Å². The number of carboxylic acids is 1. The number of hydrogen-bond acceptors (Lipinski definition) is 2. The van der Waals surface area contributed by atoms with Crippen LogP contribution in [0.1, 0.15) is 10.4 Å². The third-order valence-electron chi connectivity index (χ3n) is 1.45. The molecule has 1 rings (SSSR count). The number of aromatic carboxylic acids is 1. The summed E-state index contributed by atoms with van der Waals surface area (Å²) in [7, 11) is 1.34. The van der Waals surface area contributed by atoms with Gasteiger partial charge in [0.2, 0.25) is 0 Å². The van der Waals surface area contributed by atoms with E-state index in [1.165, 1.54) is 7.11 Å². The van der Waals surface area contributed by atoms with Crippen molar-refractivity contribution in [1.82, 2.24) is 0 Å². The van der Waals surface area contributed by atoms with Crippen molar-refractivity contribution in [3.63, 3.8) is 0 Å². The predicted octanol–water partition coefficient (Wildman–Crippen LogP) is 2.29. The number of halogens is 2. The van der Waals surface area contributed by atoms with Crippen molar-refractivity contribution in [3.8, 4) is 5.75 Å². The highest BCUT2D eigenvalue weighted by molar-refractivity contribution is 9.10. The van der Waals surface area contributed by atoms with Crippen LogP contribution in [0.5, 0.6) is 5.75 Å². The molecule has 0 aliphatic rings. The Labute approximate surface area is 82.3 Å². The smallest absolute Gasteiger partial charge is 0.337 e. The van der Waals surface area contributed by atoms with Crippen LogP contribution in [0.2, 0.25) is 0 Å². The van der Waals surface area contributed by atoms with Gasteiger partial charge in [0.25, 0.3) is 0 Å². The Morgan fingerprint density at radius 2 is 2.23 bits per heavy atom. The van der Waals surface area contributed by atoms with Gasteiger partial charge in [-0.05, 0) is 22.0 Å². The van der Waals surface area contributed by atoms with Crippen LogP contribution < -0.4 is 4.74 Å². The fourth-order valence-electron chi connectivity index (χ4n) is 0.868. The maximum absolute atomic E-state index is 12.8. The number of carboxylic acid groups (broad SMARTS) is 1. The van der Waals surface area contributed by atoms with E-state index in [2.05, 4.69) is 15.9 Å². The van der Waals surface area contributed by atoms with Crippen LogP contribution in [0.3, 0.4) is 0 Å². The predicted molar refractivity (Wildman–Crippen MR) is 47.6 cm³/mol. The second-order valence-electron chi connectivity index (χ2n) is 2.27. The third kappa shape index (κ3) is 1.98. The summed E-state index contributed by atoms with van der Waals surface area (Å²) in [6.07, 6.45) is 0. The van der Waals surface area contributed by atoms with Crippen LogP contribution in [0.25, 0.3) is 0 Å². The van der Waals surface area contributed by atoms with Crippen LogP contribution in [0, 0.1) is 5.82 Å². The van der Waals surface area contributed by atoms with E-state index in [4.69, 9.17) is 9.84 Å². The maximum Gasteiger partial charge on any atom is 0.337 e. The molecule has 0 amide bonds. The van der Waals surface area contributed by atoms with E-state index in [0.717, 1.165) is 12.1 Å². The van der Waals surface area contributed by atoms with Crippen molar-refractivity contribution < 1.29 is 19.0 Å². The van der Waals surface area contributed by atoms with Crippen molar-refractivity contribution in [3.05, 3.63) is 28.0 Å². The second-order valence-corrected chi connectivity index (χ2v) is 3.07. The molecule has 5 heteroatoms. The van der Waals surface area contributed by atoms with Crippen LogP contribution in [0.15, 0.2) is 16.6 Å². The first kappa shape index (κ1) is 9.98. The van der Waals surface area contributed by atoms with E-state index in [1.807, 2.05) is 0 Å². The molecule has 0 heterocycles. The van der Waals surface area contributed by atoms with Gasteiger partial charge in [0.1, 0.15) is 11.6 Å². The molecule has 0 saturated carbocycles. The Kier molecular flexibility index (Phi) is 2.87. The lowest BCUT2D eigenvalue weighted by atomic mass is 10.2. The van der Waals surface area contributed by atoms with Crippen LogP contribution in [-0.2, 0) is 0 Å². The molecule has 0 aliphatic heterocycles. The van der Waals surface area contributed by atoms with Crippen LogP contribution in [-0.4, -0.2) is 18.2 Å². The highest BCUT2D eigenvalue weighted by Gasteiger charge is 2.14. The molecule has 70 valence electrons. The zero-order valence-corrected chi connectivity index (χ0v) is 8.26. The van der Waals surface area contributed by atoms with Crippen molar-refractivity contribution in [2.45, 2.75) is 0 Å². The molecule has 0 saturated heterocycles. The van der Waals surface area contributed by atoms with Crippen molar-refractivity contribution in [2.24, 2.45) is 0 Å². The molecule has 1 N–H and O–H groups in total. The Balaban J connectivity index is 3.35. The highest BCUT2D eigenvalue weighted by atomic mass is 79.9. The fraction of sp³-hybridized carbons (Fsp3) is 0.125. The number of methoxy groups -OCH3 is 1. The lowest BCUT2D eigenvalue weighted by Gasteiger charge is -2.05. The normalized spacial score (nSPS) is 9.77. The van der Waals surface area contributed by atoms with E-state index in [9.17, 15) is 9.18 Å². The zero-order valence-electron chi connectivity index (χ0n) is 6.67. The number of hydrogen-bond donors (Lipinski definition) is 1. The van der Waals surface area contributed by atoms with E-state index in [0.29, 0.717) is 0 Å². The SMILES string of the molecule is COc1cc(F)cc(C(=O)O)c1Br. The fourth-order valence-corrected chi connectivity index (χ4v) is 1.43. The molecular formula is C8H6BrFO3. The molecule has 0 spiro atoms. The maximum atomic E-state index is 12.8. The minimum atomic E-state index is -1.20. The van der Waals surface area contributed by atoms with Gasteiger partial charge in [-0.3, -0.25) is 0 Å². The van der Waals surface area contributed by atoms with Gasteiger partial charge in [0.15, 0.2) is 0 Å². The summed E-state index contributed by atoms with van der Waals surface area (Å²) in [4.78, 5) is 10.6. The summed E-state index contributed by atoms with van der Waals surface area (Å²) in [5.41, 5.74) is -0.156. The van der Waals surface area contributed by atoms with E-state index in [1.54, 1.807) is 0 Å². The van der Waals surface area contributed by atoms with Crippen molar-refractivity contribution in [2.75, 3.05) is 7.11 Å². The lowest BCUT2D eigenvalue weighted by Crippen LogP contribution is -2.00. The average Bonchev–Trinajstić information content (AvgIpc) is 2.08. The Bertz CT molecular complexity index is 351. The summed E-state index contributed by atoms with van der Waals surface area (Å²) in [6, 6.07) is 2.03. The van der Waals surface area contributed by atoms with E-state index < -0.39 is 11.8 Å². The first-order valence-corrected chi connectivity index (χ1v) is 4.12. The van der Waals surface area contributed by atoms with Gasteiger partial charge in [0.05, 0.1) is 17.1 Å². The first-order chi connectivity index (χ1) is 6.06. The van der Waals surface area contributed by atoms with Gasteiger partial charge in [-0.2, -0.15) is 0 Å². The molecular weight excluding hydrogens is 243 g/mol. The average molecular weight is 249 g/mol. The topological polar surface area (TPSA) is 46.5 Å². The molecule has 0 fully saturated rings. The highest BCUT2D eigenvalue weighted by Crippen LogP contribution is 2.29. The zero-order chi connectivity index (χ0) is 10.0. The Morgan fingerprint density at radius 1 is 1.62 bits per heavy atom. The number of ether oxygens (including phenoxy) is 1. The molecule has 0 aliphatic carbocycles. The first-order valence-electron chi connectivity index (χ1n) is 3.32. The quantitative estimate of drug-likeness (QED) is 0.874. The van der Waals surface area contributed by atoms with E-state index in [-0.39, 0.29) is 15.8 Å². The molecule has 0 unspecified atom stereocenters. The Hall–Kier alpha value is -1.10. The third-order valence-corrected chi connectivity index (χ3v) is 2.27. The minimum absolute atomic E-state index is 0.156. The lowest BCUT2D eigenvalue weighted by molar-refractivity contribution is 0.0695. The van der Waals surface area contributed by atoms with Gasteiger partial charge in [-0.25, -0.2) is 9.18 Å². The standard InChI is InChI=1S/C8H6BrFO3/c1-13-6-3-4(10)2-5(7(6)9)8(11)12/h2-3H,1H3,(H,11,12). The second kappa shape index (κ2) is 3.74. The monoisotopic (exact) mass is 248 g/mol. The molecule has 0 bridgehead atoms. The van der Waals surface area contributed by atoms with Crippen LogP contribution in [0.4, 0.5) is 4.39 Å². The van der Waals surface area contributed by atoms with Gasteiger partial charge < -0.3 is 9.84 Å². The molecule has 13 heavy (non-hydrogen) atoms. The number of carbonyl (C=O) groups is 1. The molecule has 3 nitrogen and oxygen atoms in total. The minimum Gasteiger partial charge on any atom is -0.495 e. The van der Waals surface area contributed by atoms with Gasteiger partial charge in [0, 0.05) is 6.07 Å². The Morgan fingerprint density at radius 3 is 2.69 bits per heavy atom. The number of rotatable bonds is 2. The summed E-state index contributed by atoms with van der Waals surface area (Å²) in [5, 5.41) is 8.66. The van der Waals surface area contributed by atoms with Crippen molar-refractivity contribution in [1.29, 1.82) is 0 Å². The largest absolute Gasteiger partial charge is 0.495 e. The molecule has 0 aromatic heterocycles. The summed E-state index contributed by atoms with van der Waals surface area (Å²) in [5.74, 6) is -1.68. The molecule has 1 aromatic rings. The summed E-state index contributed by atoms with van der Waals surface area (Å²) >= 11 is 3.00. The molecule has 0 radical (unpaired) electrons.